The molecule has 0 spiro atoms. The lowest BCUT2D eigenvalue weighted by Gasteiger charge is -2.32. The molecule has 1 aliphatic heterocycles. The minimum absolute atomic E-state index is 0.0360. The predicted octanol–water partition coefficient (Wildman–Crippen LogP) is 4.73. The quantitative estimate of drug-likeness (QED) is 0.417. The standard InChI is InChI=1S/C27H30N6O2/c1-18(2)23(34)16-32-14-6-7-20(15-32)33-27-24(26(28)29-17-30-27)25(31-33)19-10-12-22(13-11-19)35-21-8-4-3-5-9-21/h3-5,8-13,17-18,20H,6-7,14-16H2,1-2H3,(H2,28,29,30)/t20-/m1/s1. The van der Waals surface area contributed by atoms with E-state index in [2.05, 4.69) is 14.9 Å². The number of carbonyl (C=O) groups is 1. The number of hydrogen-bond donors (Lipinski definition) is 1. The van der Waals surface area contributed by atoms with Gasteiger partial charge in [0.15, 0.2) is 5.65 Å². The first-order chi connectivity index (χ1) is 17.0. The molecule has 180 valence electrons. The number of anilines is 1. The Hall–Kier alpha value is -3.78. The third kappa shape index (κ3) is 4.88. The molecule has 1 saturated heterocycles. The van der Waals surface area contributed by atoms with Crippen LogP contribution in [-0.4, -0.2) is 50.1 Å². The van der Waals surface area contributed by atoms with Crippen molar-refractivity contribution >= 4 is 22.6 Å². The van der Waals surface area contributed by atoms with Crippen LogP contribution in [0.2, 0.25) is 0 Å². The number of fused-ring (bicyclic) bond motifs is 1. The maximum absolute atomic E-state index is 12.3. The number of aromatic nitrogens is 4. The molecule has 8 heteroatoms. The summed E-state index contributed by atoms with van der Waals surface area (Å²) >= 11 is 0. The Bertz CT molecular complexity index is 1320. The van der Waals surface area contributed by atoms with E-state index in [9.17, 15) is 4.79 Å². The van der Waals surface area contributed by atoms with Crippen molar-refractivity contribution in [2.24, 2.45) is 5.92 Å². The average Bonchev–Trinajstić information content (AvgIpc) is 3.26. The summed E-state index contributed by atoms with van der Waals surface area (Å²) in [5, 5.41) is 5.74. The van der Waals surface area contributed by atoms with E-state index >= 15 is 0 Å². The van der Waals surface area contributed by atoms with Gasteiger partial charge >= 0.3 is 0 Å². The number of carbonyl (C=O) groups excluding carboxylic acids is 1. The molecular weight excluding hydrogens is 440 g/mol. The molecule has 1 atom stereocenters. The van der Waals surface area contributed by atoms with Gasteiger partial charge < -0.3 is 10.5 Å². The van der Waals surface area contributed by atoms with Crippen molar-refractivity contribution in [1.82, 2.24) is 24.6 Å². The number of ether oxygens (including phenoxy) is 1. The Morgan fingerprint density at radius 1 is 1.09 bits per heavy atom. The summed E-state index contributed by atoms with van der Waals surface area (Å²) in [5.41, 5.74) is 8.70. The van der Waals surface area contributed by atoms with Crippen LogP contribution >= 0.6 is 0 Å². The average molecular weight is 471 g/mol. The fourth-order valence-electron chi connectivity index (χ4n) is 4.53. The summed E-state index contributed by atoms with van der Waals surface area (Å²) in [6, 6.07) is 17.6. The minimum Gasteiger partial charge on any atom is -0.457 e. The number of likely N-dealkylation sites (tertiary alicyclic amines) is 1. The number of rotatable bonds is 7. The minimum atomic E-state index is 0.0360. The number of hydrogen-bond acceptors (Lipinski definition) is 7. The van der Waals surface area contributed by atoms with Crippen LogP contribution in [-0.2, 0) is 4.79 Å². The first kappa shape index (κ1) is 23.0. The highest BCUT2D eigenvalue weighted by Gasteiger charge is 2.27. The highest BCUT2D eigenvalue weighted by atomic mass is 16.5. The van der Waals surface area contributed by atoms with Crippen molar-refractivity contribution in [3.63, 3.8) is 0 Å². The Balaban J connectivity index is 1.45. The normalized spacial score (nSPS) is 16.6. The number of Topliss-reactive ketones (excluding diaryl/α,β-unsaturated/α-hetero) is 1. The van der Waals surface area contributed by atoms with E-state index in [0.29, 0.717) is 12.4 Å². The highest BCUT2D eigenvalue weighted by Crippen LogP contribution is 2.34. The summed E-state index contributed by atoms with van der Waals surface area (Å²) in [5.74, 6) is 2.23. The molecule has 0 unspecified atom stereocenters. The molecule has 0 saturated carbocycles. The second-order valence-corrected chi connectivity index (χ2v) is 9.34. The third-order valence-corrected chi connectivity index (χ3v) is 6.47. The topological polar surface area (TPSA) is 99.2 Å². The van der Waals surface area contributed by atoms with Gasteiger partial charge in [-0.25, -0.2) is 14.6 Å². The van der Waals surface area contributed by atoms with Crippen molar-refractivity contribution in [1.29, 1.82) is 0 Å². The molecule has 2 N–H and O–H groups in total. The first-order valence-electron chi connectivity index (χ1n) is 12.1. The van der Waals surface area contributed by atoms with Crippen LogP contribution in [0.5, 0.6) is 11.5 Å². The zero-order chi connectivity index (χ0) is 24.4. The number of para-hydroxylation sites is 1. The number of piperidine rings is 1. The molecule has 1 fully saturated rings. The van der Waals surface area contributed by atoms with Gasteiger partial charge in [0.05, 0.1) is 18.0 Å². The monoisotopic (exact) mass is 470 g/mol. The van der Waals surface area contributed by atoms with E-state index in [0.717, 1.165) is 59.7 Å². The maximum atomic E-state index is 12.3. The van der Waals surface area contributed by atoms with Crippen molar-refractivity contribution < 1.29 is 9.53 Å². The first-order valence-corrected chi connectivity index (χ1v) is 12.1. The number of nitrogens with zero attached hydrogens (tertiary/aromatic N) is 5. The Morgan fingerprint density at radius 2 is 1.83 bits per heavy atom. The van der Waals surface area contributed by atoms with Crippen LogP contribution in [0.25, 0.3) is 22.3 Å². The molecule has 0 aliphatic carbocycles. The molecule has 0 amide bonds. The maximum Gasteiger partial charge on any atom is 0.164 e. The second-order valence-electron chi connectivity index (χ2n) is 9.34. The van der Waals surface area contributed by atoms with Crippen LogP contribution in [0.4, 0.5) is 5.82 Å². The van der Waals surface area contributed by atoms with Gasteiger partial charge in [-0.05, 0) is 55.8 Å². The van der Waals surface area contributed by atoms with Gasteiger partial charge in [-0.3, -0.25) is 9.69 Å². The summed E-state index contributed by atoms with van der Waals surface area (Å²) in [4.78, 5) is 23.3. The van der Waals surface area contributed by atoms with Crippen LogP contribution in [0.3, 0.4) is 0 Å². The Kier molecular flexibility index (Phi) is 6.46. The fourth-order valence-corrected chi connectivity index (χ4v) is 4.53. The van der Waals surface area contributed by atoms with Crippen molar-refractivity contribution in [2.75, 3.05) is 25.4 Å². The highest BCUT2D eigenvalue weighted by molar-refractivity contribution is 5.98. The lowest BCUT2D eigenvalue weighted by Crippen LogP contribution is -2.40. The smallest absolute Gasteiger partial charge is 0.164 e. The van der Waals surface area contributed by atoms with Crippen LogP contribution in [0, 0.1) is 5.92 Å². The SMILES string of the molecule is CC(C)C(=O)CN1CCC[C@@H](n2nc(-c3ccc(Oc4ccccc4)cc3)c3c(N)ncnc32)C1. The van der Waals surface area contributed by atoms with Crippen molar-refractivity contribution in [2.45, 2.75) is 32.7 Å². The summed E-state index contributed by atoms with van der Waals surface area (Å²) in [6.45, 7) is 6.05. The van der Waals surface area contributed by atoms with Gasteiger partial charge in [-0.15, -0.1) is 0 Å². The van der Waals surface area contributed by atoms with Gasteiger partial charge in [0, 0.05) is 18.0 Å². The second kappa shape index (κ2) is 9.84. The lowest BCUT2D eigenvalue weighted by molar-refractivity contribution is -0.123. The number of nitrogens with two attached hydrogens (primary N) is 1. The van der Waals surface area contributed by atoms with E-state index in [4.69, 9.17) is 15.6 Å². The summed E-state index contributed by atoms with van der Waals surface area (Å²) < 4.78 is 7.91. The third-order valence-electron chi connectivity index (χ3n) is 6.47. The number of nitrogen functional groups attached to an aromatic ring is 1. The summed E-state index contributed by atoms with van der Waals surface area (Å²) in [7, 11) is 0. The van der Waals surface area contributed by atoms with E-state index < -0.39 is 0 Å². The molecule has 1 aliphatic rings. The predicted molar refractivity (Wildman–Crippen MR) is 136 cm³/mol. The van der Waals surface area contributed by atoms with Gasteiger partial charge in [-0.1, -0.05) is 32.0 Å². The van der Waals surface area contributed by atoms with Crippen molar-refractivity contribution in [3.8, 4) is 22.8 Å². The zero-order valence-electron chi connectivity index (χ0n) is 20.1. The largest absolute Gasteiger partial charge is 0.457 e. The number of ketones is 1. The number of benzene rings is 2. The van der Waals surface area contributed by atoms with Crippen molar-refractivity contribution in [3.05, 3.63) is 60.9 Å². The molecule has 3 heterocycles. The fraction of sp³-hybridized carbons (Fsp3) is 0.333. The van der Waals surface area contributed by atoms with E-state index in [-0.39, 0.29) is 17.7 Å². The van der Waals surface area contributed by atoms with E-state index in [1.807, 2.05) is 73.1 Å². The Labute approximate surface area is 204 Å². The van der Waals surface area contributed by atoms with E-state index in [1.165, 1.54) is 6.33 Å². The molecule has 0 radical (unpaired) electrons. The molecule has 2 aromatic heterocycles. The molecule has 35 heavy (non-hydrogen) atoms. The molecule has 4 aromatic rings. The summed E-state index contributed by atoms with van der Waals surface area (Å²) in [6.07, 6.45) is 3.45. The molecule has 5 rings (SSSR count). The van der Waals surface area contributed by atoms with Crippen LogP contribution < -0.4 is 10.5 Å². The zero-order valence-corrected chi connectivity index (χ0v) is 20.1. The Morgan fingerprint density at radius 3 is 2.57 bits per heavy atom. The van der Waals surface area contributed by atoms with Gasteiger partial charge in [0.1, 0.15) is 35.1 Å². The van der Waals surface area contributed by atoms with Gasteiger partial charge in [-0.2, -0.15) is 5.10 Å². The van der Waals surface area contributed by atoms with Gasteiger partial charge in [0.2, 0.25) is 0 Å². The lowest BCUT2D eigenvalue weighted by atomic mass is 10.0. The van der Waals surface area contributed by atoms with E-state index in [1.54, 1.807) is 0 Å². The molecule has 8 nitrogen and oxygen atoms in total. The van der Waals surface area contributed by atoms with Crippen LogP contribution in [0.1, 0.15) is 32.7 Å². The molecular formula is C27H30N6O2. The molecule has 2 aromatic carbocycles. The van der Waals surface area contributed by atoms with Gasteiger partial charge in [0.25, 0.3) is 0 Å². The molecule has 0 bridgehead atoms. The van der Waals surface area contributed by atoms with Crippen LogP contribution in [0.15, 0.2) is 60.9 Å².